The van der Waals surface area contributed by atoms with Crippen LogP contribution in [0.5, 0.6) is 0 Å². The van der Waals surface area contributed by atoms with Gasteiger partial charge in [0.25, 0.3) is 0 Å². The van der Waals surface area contributed by atoms with Crippen molar-refractivity contribution in [3.05, 3.63) is 11.8 Å². The Kier molecular flexibility index (Phi) is 3.27. The van der Waals surface area contributed by atoms with Gasteiger partial charge < -0.3 is 9.84 Å². The van der Waals surface area contributed by atoms with E-state index in [-0.39, 0.29) is 0 Å². The Morgan fingerprint density at radius 2 is 1.76 bits per heavy atom. The predicted molar refractivity (Wildman–Crippen MR) is 72.8 cm³/mol. The number of hydrogen-bond acceptors (Lipinski definition) is 3. The highest BCUT2D eigenvalue weighted by Crippen LogP contribution is 2.40. The Morgan fingerprint density at radius 1 is 1.29 bits per heavy atom. The van der Waals surface area contributed by atoms with Crippen LogP contribution in [0, 0.1) is 0 Å². The molecule has 1 N–H and O–H groups in total. The fourth-order valence-corrected chi connectivity index (χ4v) is 4.69. The number of fused-ring (bicyclic) bond motifs is 2. The second-order valence-electron chi connectivity index (χ2n) is 6.68. The average molecular weight is 255 g/mol. The number of rotatable bonds is 2. The smallest absolute Gasteiger partial charge is 0.0851 e. The molecule has 0 aliphatic carbocycles. The van der Waals surface area contributed by atoms with E-state index < -0.39 is 13.7 Å². The van der Waals surface area contributed by atoms with E-state index in [1.165, 1.54) is 0 Å². The quantitative estimate of drug-likeness (QED) is 0.762. The van der Waals surface area contributed by atoms with Crippen LogP contribution in [0.1, 0.15) is 12.8 Å². The molecule has 2 heterocycles. The summed E-state index contributed by atoms with van der Waals surface area (Å²) >= 11 is 0. The monoisotopic (exact) mass is 255 g/mol. The Balaban J connectivity index is 2.21. The fraction of sp³-hybridized carbons (Fsp3) is 0.846. The van der Waals surface area contributed by atoms with Gasteiger partial charge in [-0.15, -0.1) is 6.58 Å². The molecule has 0 saturated carbocycles. The summed E-state index contributed by atoms with van der Waals surface area (Å²) < 4.78 is 5.59. The summed E-state index contributed by atoms with van der Waals surface area (Å²) in [7, 11) is 0.654. The first kappa shape index (κ1) is 13.3. The fourth-order valence-electron chi connectivity index (χ4n) is 3.09. The van der Waals surface area contributed by atoms with Crippen molar-refractivity contribution in [2.45, 2.75) is 50.2 Å². The van der Waals surface area contributed by atoms with Crippen LogP contribution in [-0.4, -0.2) is 56.0 Å². The first-order chi connectivity index (χ1) is 7.74. The third-order valence-corrected chi connectivity index (χ3v) is 6.66. The number of nitrogens with zero attached hydrogens (tertiary/aromatic N) is 1. The van der Waals surface area contributed by atoms with Gasteiger partial charge >= 0.3 is 0 Å². The van der Waals surface area contributed by atoms with Crippen LogP contribution in [0.2, 0.25) is 19.6 Å². The molecule has 0 amide bonds. The third kappa shape index (κ3) is 2.36. The van der Waals surface area contributed by atoms with Crippen molar-refractivity contribution in [2.24, 2.45) is 0 Å². The summed E-state index contributed by atoms with van der Waals surface area (Å²) in [6, 6.07) is 0.696. The molecular weight excluding hydrogens is 230 g/mol. The normalized spacial score (nSPS) is 39.1. The zero-order valence-corrected chi connectivity index (χ0v) is 12.5. The van der Waals surface area contributed by atoms with Gasteiger partial charge in [-0.05, 0) is 19.9 Å². The van der Waals surface area contributed by atoms with E-state index in [0.29, 0.717) is 12.1 Å². The van der Waals surface area contributed by atoms with E-state index in [0.717, 1.165) is 31.3 Å². The van der Waals surface area contributed by atoms with E-state index in [1.54, 1.807) is 0 Å². The Morgan fingerprint density at radius 3 is 2.18 bits per heavy atom. The van der Waals surface area contributed by atoms with Crippen molar-refractivity contribution in [2.75, 3.05) is 20.3 Å². The summed E-state index contributed by atoms with van der Waals surface area (Å²) in [5.41, 5.74) is -0.657. The number of aliphatic hydroxyl groups is 1. The third-order valence-electron chi connectivity index (χ3n) is 4.39. The zero-order valence-electron chi connectivity index (χ0n) is 11.5. The largest absolute Gasteiger partial charge is 0.386 e. The van der Waals surface area contributed by atoms with Gasteiger partial charge in [0.1, 0.15) is 0 Å². The van der Waals surface area contributed by atoms with Crippen molar-refractivity contribution in [1.82, 2.24) is 4.90 Å². The summed E-state index contributed by atoms with van der Waals surface area (Å²) in [5.74, 6) is 0. The van der Waals surface area contributed by atoms with Gasteiger partial charge in [-0.1, -0.05) is 24.8 Å². The molecule has 0 aromatic heterocycles. The van der Waals surface area contributed by atoms with E-state index in [2.05, 4.69) is 38.2 Å². The molecule has 98 valence electrons. The number of hydrogen-bond donors (Lipinski definition) is 1. The predicted octanol–water partition coefficient (Wildman–Crippen LogP) is 1.64. The molecule has 4 heteroatoms. The molecule has 2 atom stereocenters. The van der Waals surface area contributed by atoms with Crippen LogP contribution in [0.25, 0.3) is 0 Å². The van der Waals surface area contributed by atoms with Crippen molar-refractivity contribution < 1.29 is 9.84 Å². The molecule has 0 aromatic rings. The van der Waals surface area contributed by atoms with Crippen molar-refractivity contribution in [3.8, 4) is 0 Å². The lowest BCUT2D eigenvalue weighted by molar-refractivity contribution is -0.118. The van der Waals surface area contributed by atoms with E-state index in [9.17, 15) is 5.11 Å². The molecular formula is C13H25NO2Si. The number of morpholine rings is 1. The second-order valence-corrected chi connectivity index (χ2v) is 11.8. The van der Waals surface area contributed by atoms with Gasteiger partial charge in [0, 0.05) is 12.1 Å². The zero-order chi connectivity index (χ0) is 12.8. The van der Waals surface area contributed by atoms with Crippen LogP contribution in [0.3, 0.4) is 0 Å². The topological polar surface area (TPSA) is 32.7 Å². The number of piperidine rings is 1. The van der Waals surface area contributed by atoms with Gasteiger partial charge in [0.15, 0.2) is 0 Å². The molecule has 3 nitrogen and oxygen atoms in total. The lowest BCUT2D eigenvalue weighted by atomic mass is 9.81. The number of ether oxygens (including phenoxy) is 1. The van der Waals surface area contributed by atoms with Crippen molar-refractivity contribution in [3.63, 3.8) is 0 Å². The maximum absolute atomic E-state index is 11.0. The molecule has 17 heavy (non-hydrogen) atoms. The number of likely N-dealkylation sites (N-methyl/N-ethyl adjacent to an activating group) is 1. The van der Waals surface area contributed by atoms with Gasteiger partial charge in [0.05, 0.1) is 26.9 Å². The van der Waals surface area contributed by atoms with Crippen LogP contribution in [-0.2, 0) is 4.74 Å². The van der Waals surface area contributed by atoms with E-state index in [1.807, 2.05) is 0 Å². The molecule has 2 rings (SSSR count). The molecule has 2 bridgehead atoms. The maximum Gasteiger partial charge on any atom is 0.0851 e. The summed E-state index contributed by atoms with van der Waals surface area (Å²) in [5, 5.41) is 12.1. The van der Waals surface area contributed by atoms with Crippen LogP contribution in [0.4, 0.5) is 0 Å². The van der Waals surface area contributed by atoms with Gasteiger partial charge in [0.2, 0.25) is 0 Å². The lowest BCUT2D eigenvalue weighted by Crippen LogP contribution is -2.62. The summed E-state index contributed by atoms with van der Waals surface area (Å²) in [4.78, 5) is 2.37. The maximum atomic E-state index is 11.0. The van der Waals surface area contributed by atoms with Crippen LogP contribution in [0.15, 0.2) is 11.8 Å². The first-order valence-electron chi connectivity index (χ1n) is 6.46. The van der Waals surface area contributed by atoms with Crippen LogP contribution >= 0.6 is 0 Å². The molecule has 2 fully saturated rings. The molecule has 0 spiro atoms. The van der Waals surface area contributed by atoms with Crippen LogP contribution < -0.4 is 0 Å². The Hall–Kier alpha value is -0.163. The molecule has 2 aliphatic rings. The van der Waals surface area contributed by atoms with E-state index >= 15 is 0 Å². The minimum Gasteiger partial charge on any atom is -0.386 e. The average Bonchev–Trinajstić information content (AvgIpc) is 2.18. The minimum absolute atomic E-state index is 0.348. The van der Waals surface area contributed by atoms with Crippen molar-refractivity contribution in [1.29, 1.82) is 0 Å². The SMILES string of the molecule is C=C(C1(O)CC2COCC(C1)N2C)[Si](C)(C)C. The Labute approximate surface area is 105 Å². The minimum atomic E-state index is -1.49. The highest BCUT2D eigenvalue weighted by Gasteiger charge is 2.48. The summed E-state index contributed by atoms with van der Waals surface area (Å²) in [6.07, 6.45) is 1.56. The summed E-state index contributed by atoms with van der Waals surface area (Å²) in [6.45, 7) is 12.5. The molecule has 2 saturated heterocycles. The van der Waals surface area contributed by atoms with Crippen molar-refractivity contribution >= 4 is 8.07 Å². The second kappa shape index (κ2) is 4.19. The molecule has 0 aromatic carbocycles. The molecule has 0 radical (unpaired) electrons. The van der Waals surface area contributed by atoms with E-state index in [4.69, 9.17) is 4.74 Å². The standard InChI is InChI=1S/C13H25NO2Si/c1-10(17(3,4)5)13(15)6-11-8-16-9-12(7-13)14(11)2/h11-12,15H,1,6-9H2,2-5H3. The highest BCUT2D eigenvalue weighted by atomic mass is 28.3. The first-order valence-corrected chi connectivity index (χ1v) is 9.96. The molecule has 2 aliphatic heterocycles. The van der Waals surface area contributed by atoms with Gasteiger partial charge in [-0.25, -0.2) is 0 Å². The lowest BCUT2D eigenvalue weighted by Gasteiger charge is -2.52. The molecule has 2 unspecified atom stereocenters. The Bertz CT molecular complexity index is 310. The van der Waals surface area contributed by atoms with Gasteiger partial charge in [-0.3, -0.25) is 4.90 Å². The highest BCUT2D eigenvalue weighted by molar-refractivity contribution is 6.83. The van der Waals surface area contributed by atoms with Gasteiger partial charge in [-0.2, -0.15) is 0 Å².